The first-order chi connectivity index (χ1) is 11.6. The first kappa shape index (κ1) is 16.6. The number of halogens is 2. The lowest BCUT2D eigenvalue weighted by molar-refractivity contribution is -0.938. The molecule has 0 radical (unpaired) electrons. The molecule has 2 N–H and O–H groups in total. The summed E-state index contributed by atoms with van der Waals surface area (Å²) in [5, 5.41) is 2.78. The predicted molar refractivity (Wildman–Crippen MR) is 81.7 cm³/mol. The topological polar surface area (TPSA) is 55.9 Å². The van der Waals surface area contributed by atoms with Crippen LogP contribution in [0, 0.1) is 11.6 Å². The zero-order valence-electron chi connectivity index (χ0n) is 13.1. The van der Waals surface area contributed by atoms with Gasteiger partial charge < -0.3 is 19.4 Å². The average Bonchev–Trinajstić information content (AvgIpc) is 3.12. The van der Waals surface area contributed by atoms with Crippen LogP contribution in [0.3, 0.4) is 0 Å². The van der Waals surface area contributed by atoms with E-state index in [1.165, 1.54) is 11.0 Å². The van der Waals surface area contributed by atoms with Crippen LogP contribution in [0.4, 0.5) is 8.78 Å². The van der Waals surface area contributed by atoms with Crippen molar-refractivity contribution >= 4 is 5.91 Å². The molecule has 24 heavy (non-hydrogen) atoms. The van der Waals surface area contributed by atoms with Gasteiger partial charge in [-0.2, -0.15) is 0 Å². The number of carbonyl (C=O) groups is 1. The summed E-state index contributed by atoms with van der Waals surface area (Å²) in [4.78, 5) is 13.5. The van der Waals surface area contributed by atoms with Crippen molar-refractivity contribution in [1.82, 2.24) is 5.32 Å². The molecule has 1 amide bonds. The molecular weight excluding hydrogens is 318 g/mol. The van der Waals surface area contributed by atoms with Gasteiger partial charge in [0.05, 0.1) is 26.0 Å². The highest BCUT2D eigenvalue weighted by atomic mass is 19.2. The van der Waals surface area contributed by atoms with E-state index in [9.17, 15) is 13.6 Å². The fourth-order valence-corrected chi connectivity index (χ4v) is 2.85. The van der Waals surface area contributed by atoms with Crippen molar-refractivity contribution in [2.75, 3.05) is 32.8 Å². The van der Waals surface area contributed by atoms with E-state index in [2.05, 4.69) is 5.32 Å². The number of hydrogen-bond donors (Lipinski definition) is 2. The third-order valence-corrected chi connectivity index (χ3v) is 4.16. The molecule has 0 aliphatic carbocycles. The quantitative estimate of drug-likeness (QED) is 0.854. The van der Waals surface area contributed by atoms with Crippen LogP contribution in [0.15, 0.2) is 41.0 Å². The first-order valence-corrected chi connectivity index (χ1v) is 7.84. The van der Waals surface area contributed by atoms with Crippen LogP contribution in [0.25, 0.3) is 0 Å². The lowest BCUT2D eigenvalue weighted by Crippen LogP contribution is -3.15. The minimum Gasteiger partial charge on any atom is -0.463 e. The van der Waals surface area contributed by atoms with Crippen molar-refractivity contribution in [3.8, 4) is 0 Å². The van der Waals surface area contributed by atoms with Gasteiger partial charge in [-0.25, -0.2) is 8.78 Å². The molecule has 5 nitrogen and oxygen atoms in total. The molecule has 1 aromatic heterocycles. The third kappa shape index (κ3) is 3.80. The first-order valence-electron chi connectivity index (χ1n) is 7.84. The van der Waals surface area contributed by atoms with Crippen LogP contribution in [0.2, 0.25) is 0 Å². The predicted octanol–water partition coefficient (Wildman–Crippen LogP) is 0.944. The summed E-state index contributed by atoms with van der Waals surface area (Å²) in [5.41, 5.74) is 0.0871. The summed E-state index contributed by atoms with van der Waals surface area (Å²) < 4.78 is 37.1. The molecular formula is C17H19F2N2O3+. The standard InChI is InChI=1S/C17H18F2N2O3/c18-13-4-3-12(10-14(13)19)17(22)20-11-15(16-2-1-7-24-16)21-5-8-23-9-6-21/h1-4,7,10,15H,5-6,8-9,11H2,(H,20,22)/p+1/t15-/m1/s1. The van der Waals surface area contributed by atoms with E-state index in [-0.39, 0.29) is 11.6 Å². The maximum Gasteiger partial charge on any atom is 0.251 e. The van der Waals surface area contributed by atoms with Crippen LogP contribution in [0.1, 0.15) is 22.2 Å². The van der Waals surface area contributed by atoms with Gasteiger partial charge in [0.1, 0.15) is 13.1 Å². The molecule has 2 heterocycles. The van der Waals surface area contributed by atoms with Gasteiger partial charge in [0.25, 0.3) is 5.91 Å². The summed E-state index contributed by atoms with van der Waals surface area (Å²) in [5.74, 6) is -1.68. The van der Waals surface area contributed by atoms with E-state index in [4.69, 9.17) is 9.15 Å². The van der Waals surface area contributed by atoms with E-state index >= 15 is 0 Å². The molecule has 1 aliphatic heterocycles. The highest BCUT2D eigenvalue weighted by molar-refractivity contribution is 5.94. The van der Waals surface area contributed by atoms with Crippen LogP contribution >= 0.6 is 0 Å². The summed E-state index contributed by atoms with van der Waals surface area (Å²) in [6.07, 6.45) is 1.60. The van der Waals surface area contributed by atoms with Gasteiger partial charge in [-0.1, -0.05) is 0 Å². The van der Waals surface area contributed by atoms with Crippen molar-refractivity contribution < 1.29 is 27.6 Å². The van der Waals surface area contributed by atoms with Crippen LogP contribution in [-0.2, 0) is 4.74 Å². The number of hydrogen-bond acceptors (Lipinski definition) is 3. The largest absolute Gasteiger partial charge is 0.463 e. The van der Waals surface area contributed by atoms with Gasteiger partial charge in [0.15, 0.2) is 23.4 Å². The normalized spacial score (nSPS) is 16.8. The second-order valence-electron chi connectivity index (χ2n) is 5.68. The zero-order valence-corrected chi connectivity index (χ0v) is 13.1. The van der Waals surface area contributed by atoms with Gasteiger partial charge in [0, 0.05) is 5.56 Å². The minimum atomic E-state index is -1.04. The van der Waals surface area contributed by atoms with Gasteiger partial charge in [-0.15, -0.1) is 0 Å². The van der Waals surface area contributed by atoms with Crippen molar-refractivity contribution in [2.45, 2.75) is 6.04 Å². The molecule has 0 saturated carbocycles. The summed E-state index contributed by atoms with van der Waals surface area (Å²) in [6.45, 7) is 3.27. The third-order valence-electron chi connectivity index (χ3n) is 4.16. The molecule has 1 aliphatic rings. The number of amides is 1. The number of carbonyl (C=O) groups excluding carboxylic acids is 1. The summed E-state index contributed by atoms with van der Waals surface area (Å²) in [6, 6.07) is 6.72. The van der Waals surface area contributed by atoms with Gasteiger partial charge >= 0.3 is 0 Å². The van der Waals surface area contributed by atoms with Gasteiger partial charge in [-0.05, 0) is 30.3 Å². The number of rotatable bonds is 5. The summed E-state index contributed by atoms with van der Waals surface area (Å²) >= 11 is 0. The smallest absolute Gasteiger partial charge is 0.251 e. The Labute approximate surface area is 138 Å². The maximum absolute atomic E-state index is 13.3. The highest BCUT2D eigenvalue weighted by Gasteiger charge is 2.29. The Morgan fingerprint density at radius 3 is 2.67 bits per heavy atom. The Balaban J connectivity index is 1.68. The van der Waals surface area contributed by atoms with Crippen LogP contribution < -0.4 is 10.2 Å². The summed E-state index contributed by atoms with van der Waals surface area (Å²) in [7, 11) is 0. The highest BCUT2D eigenvalue weighted by Crippen LogP contribution is 2.12. The zero-order chi connectivity index (χ0) is 16.9. The van der Waals surface area contributed by atoms with Crippen LogP contribution in [-0.4, -0.2) is 38.8 Å². The Bertz CT molecular complexity index is 685. The van der Waals surface area contributed by atoms with E-state index in [0.717, 1.165) is 31.0 Å². The van der Waals surface area contributed by atoms with Gasteiger partial charge in [-0.3, -0.25) is 4.79 Å². The monoisotopic (exact) mass is 337 g/mol. The molecule has 128 valence electrons. The molecule has 2 aromatic rings. The molecule has 1 fully saturated rings. The minimum absolute atomic E-state index is 0.0573. The van der Waals surface area contributed by atoms with E-state index < -0.39 is 17.5 Å². The Morgan fingerprint density at radius 2 is 2.00 bits per heavy atom. The molecule has 3 rings (SSSR count). The Hall–Kier alpha value is -2.25. The van der Waals surface area contributed by atoms with Crippen molar-refractivity contribution in [2.24, 2.45) is 0 Å². The van der Waals surface area contributed by atoms with Crippen molar-refractivity contribution in [1.29, 1.82) is 0 Å². The SMILES string of the molecule is O=C(NC[C@H](c1ccco1)[NH+]1CCOCC1)c1ccc(F)c(F)c1. The fourth-order valence-electron chi connectivity index (χ4n) is 2.85. The lowest BCUT2D eigenvalue weighted by Gasteiger charge is -2.30. The average molecular weight is 337 g/mol. The number of nitrogens with one attached hydrogen (secondary N) is 2. The molecule has 1 atom stereocenters. The Morgan fingerprint density at radius 1 is 1.21 bits per heavy atom. The Kier molecular flexibility index (Phi) is 5.22. The fraction of sp³-hybridized carbons (Fsp3) is 0.353. The number of ether oxygens (including phenoxy) is 1. The van der Waals surface area contributed by atoms with Crippen molar-refractivity contribution in [3.63, 3.8) is 0 Å². The second-order valence-corrected chi connectivity index (χ2v) is 5.68. The van der Waals surface area contributed by atoms with Gasteiger partial charge in [0.2, 0.25) is 0 Å². The molecule has 0 unspecified atom stereocenters. The number of morpholine rings is 1. The van der Waals surface area contributed by atoms with Crippen LogP contribution in [0.5, 0.6) is 0 Å². The molecule has 1 saturated heterocycles. The lowest BCUT2D eigenvalue weighted by atomic mass is 10.1. The van der Waals surface area contributed by atoms with Crippen molar-refractivity contribution in [3.05, 3.63) is 59.6 Å². The number of furan rings is 1. The number of benzene rings is 1. The molecule has 0 bridgehead atoms. The molecule has 1 aromatic carbocycles. The number of quaternary nitrogens is 1. The van der Waals surface area contributed by atoms with E-state index in [1.54, 1.807) is 12.3 Å². The van der Waals surface area contributed by atoms with E-state index in [0.29, 0.717) is 19.8 Å². The second kappa shape index (κ2) is 7.55. The molecule has 0 spiro atoms. The maximum atomic E-state index is 13.3. The molecule has 7 heteroatoms. The van der Waals surface area contributed by atoms with E-state index in [1.807, 2.05) is 6.07 Å².